The molecule has 8 nitrogen and oxygen atoms in total. The number of imidazole rings is 1. The summed E-state index contributed by atoms with van der Waals surface area (Å²) in [4.78, 5) is 29.8. The van der Waals surface area contributed by atoms with E-state index in [0.29, 0.717) is 29.6 Å². The van der Waals surface area contributed by atoms with Crippen molar-refractivity contribution in [2.75, 3.05) is 5.43 Å². The predicted molar refractivity (Wildman–Crippen MR) is 68.2 cm³/mol. The first kappa shape index (κ1) is 12.4. The summed E-state index contributed by atoms with van der Waals surface area (Å²) in [5.41, 5.74) is 2.16. The van der Waals surface area contributed by atoms with Crippen LogP contribution in [0.3, 0.4) is 0 Å². The molecule has 2 aromatic heterocycles. The zero-order chi connectivity index (χ0) is 13.4. The van der Waals surface area contributed by atoms with E-state index in [2.05, 4.69) is 15.4 Å². The Morgan fingerprint density at radius 2 is 2.11 bits per heavy atom. The maximum atomic E-state index is 11.9. The number of nitrogen functional groups attached to an aromatic ring is 1. The SMILES string of the molecule is CC(C)Cn1c(NN)nc2c1c(=O)[nH]c(=O)n2C. The summed E-state index contributed by atoms with van der Waals surface area (Å²) in [5, 5.41) is 0. The summed E-state index contributed by atoms with van der Waals surface area (Å²) in [7, 11) is 1.55. The van der Waals surface area contributed by atoms with E-state index >= 15 is 0 Å². The van der Waals surface area contributed by atoms with E-state index in [0.717, 1.165) is 0 Å². The van der Waals surface area contributed by atoms with E-state index < -0.39 is 11.2 Å². The first-order chi connectivity index (χ1) is 8.45. The van der Waals surface area contributed by atoms with Gasteiger partial charge in [-0.3, -0.25) is 19.8 Å². The normalized spacial score (nSPS) is 11.4. The van der Waals surface area contributed by atoms with Crippen molar-refractivity contribution in [2.45, 2.75) is 20.4 Å². The number of anilines is 1. The fourth-order valence-electron chi connectivity index (χ4n) is 1.89. The minimum Gasteiger partial charge on any atom is -0.303 e. The Morgan fingerprint density at radius 3 is 2.67 bits per heavy atom. The number of hydrazine groups is 1. The van der Waals surface area contributed by atoms with E-state index in [-0.39, 0.29) is 0 Å². The van der Waals surface area contributed by atoms with Gasteiger partial charge in [0.15, 0.2) is 11.2 Å². The molecule has 18 heavy (non-hydrogen) atoms. The molecular weight excluding hydrogens is 236 g/mol. The Labute approximate surface area is 102 Å². The number of nitrogens with zero attached hydrogens (tertiary/aromatic N) is 3. The molecule has 0 aliphatic heterocycles. The maximum Gasteiger partial charge on any atom is 0.329 e. The van der Waals surface area contributed by atoms with Crippen LogP contribution >= 0.6 is 0 Å². The molecule has 0 saturated heterocycles. The van der Waals surface area contributed by atoms with Gasteiger partial charge in [-0.15, -0.1) is 0 Å². The topological polar surface area (TPSA) is 111 Å². The lowest BCUT2D eigenvalue weighted by Gasteiger charge is -2.10. The fourth-order valence-corrected chi connectivity index (χ4v) is 1.89. The van der Waals surface area contributed by atoms with Crippen molar-refractivity contribution in [1.82, 2.24) is 19.1 Å². The molecule has 98 valence electrons. The second kappa shape index (κ2) is 4.30. The first-order valence-electron chi connectivity index (χ1n) is 5.61. The highest BCUT2D eigenvalue weighted by Crippen LogP contribution is 2.16. The van der Waals surface area contributed by atoms with Crippen LogP contribution in [-0.2, 0) is 13.6 Å². The highest BCUT2D eigenvalue weighted by Gasteiger charge is 2.17. The van der Waals surface area contributed by atoms with Crippen molar-refractivity contribution in [3.63, 3.8) is 0 Å². The predicted octanol–water partition coefficient (Wildman–Crippen LogP) is -0.635. The van der Waals surface area contributed by atoms with Crippen molar-refractivity contribution in [3.8, 4) is 0 Å². The Hall–Kier alpha value is -2.09. The second-order valence-corrected chi connectivity index (χ2v) is 4.57. The summed E-state index contributed by atoms with van der Waals surface area (Å²) in [6, 6.07) is 0. The van der Waals surface area contributed by atoms with Gasteiger partial charge in [0.25, 0.3) is 5.56 Å². The van der Waals surface area contributed by atoms with E-state index in [1.165, 1.54) is 4.57 Å². The molecule has 0 spiro atoms. The number of hydrogen-bond acceptors (Lipinski definition) is 5. The summed E-state index contributed by atoms with van der Waals surface area (Å²) >= 11 is 0. The summed E-state index contributed by atoms with van der Waals surface area (Å²) in [6.07, 6.45) is 0. The van der Waals surface area contributed by atoms with Crippen molar-refractivity contribution < 1.29 is 0 Å². The van der Waals surface area contributed by atoms with Gasteiger partial charge in [0.1, 0.15) is 0 Å². The van der Waals surface area contributed by atoms with E-state index in [1.807, 2.05) is 13.8 Å². The number of H-pyrrole nitrogens is 1. The Morgan fingerprint density at radius 1 is 1.44 bits per heavy atom. The third-order valence-corrected chi connectivity index (χ3v) is 2.68. The number of hydrogen-bond donors (Lipinski definition) is 3. The molecule has 0 radical (unpaired) electrons. The van der Waals surface area contributed by atoms with Gasteiger partial charge in [-0.2, -0.15) is 4.98 Å². The van der Waals surface area contributed by atoms with Crippen molar-refractivity contribution in [2.24, 2.45) is 18.8 Å². The van der Waals surface area contributed by atoms with E-state index in [1.54, 1.807) is 11.6 Å². The van der Waals surface area contributed by atoms with Gasteiger partial charge in [-0.05, 0) is 5.92 Å². The second-order valence-electron chi connectivity index (χ2n) is 4.57. The molecule has 2 heterocycles. The van der Waals surface area contributed by atoms with Crippen LogP contribution in [0.4, 0.5) is 5.95 Å². The number of aryl methyl sites for hydroxylation is 1. The zero-order valence-electron chi connectivity index (χ0n) is 10.5. The summed E-state index contributed by atoms with van der Waals surface area (Å²) < 4.78 is 2.96. The molecule has 0 amide bonds. The van der Waals surface area contributed by atoms with Gasteiger partial charge in [-0.25, -0.2) is 10.6 Å². The largest absolute Gasteiger partial charge is 0.329 e. The maximum absolute atomic E-state index is 11.9. The summed E-state index contributed by atoms with van der Waals surface area (Å²) in [6.45, 7) is 4.61. The molecule has 0 fully saturated rings. The molecule has 4 N–H and O–H groups in total. The molecular formula is C10H16N6O2. The minimum absolute atomic E-state index is 0.311. The standard InChI is InChI=1S/C10H16N6O2/c1-5(2)4-16-6-7(12-9(16)14-11)15(3)10(18)13-8(6)17/h5H,4,11H2,1-3H3,(H,12,14)(H,13,17,18). The fraction of sp³-hybridized carbons (Fsp3) is 0.500. The van der Waals surface area contributed by atoms with E-state index in [4.69, 9.17) is 5.84 Å². The molecule has 0 atom stereocenters. The van der Waals surface area contributed by atoms with E-state index in [9.17, 15) is 9.59 Å². The Bertz CT molecular complexity index is 693. The van der Waals surface area contributed by atoms with Crippen LogP contribution in [0.15, 0.2) is 9.59 Å². The third-order valence-electron chi connectivity index (χ3n) is 2.68. The number of nitrogens with one attached hydrogen (secondary N) is 2. The molecule has 0 aliphatic rings. The molecule has 2 rings (SSSR count). The quantitative estimate of drug-likeness (QED) is 0.497. The lowest BCUT2D eigenvalue weighted by atomic mass is 10.2. The lowest BCUT2D eigenvalue weighted by Crippen LogP contribution is -2.29. The minimum atomic E-state index is -0.495. The number of aromatic amines is 1. The Balaban J connectivity index is 2.87. The van der Waals surface area contributed by atoms with Gasteiger partial charge in [0.05, 0.1) is 0 Å². The first-order valence-corrected chi connectivity index (χ1v) is 5.61. The molecule has 0 bridgehead atoms. The number of rotatable bonds is 3. The zero-order valence-corrected chi connectivity index (χ0v) is 10.5. The molecule has 2 aromatic rings. The van der Waals surface area contributed by atoms with Crippen LogP contribution in [0.25, 0.3) is 11.2 Å². The van der Waals surface area contributed by atoms with Crippen molar-refractivity contribution in [3.05, 3.63) is 20.8 Å². The molecule has 8 heteroatoms. The highest BCUT2D eigenvalue weighted by atomic mass is 16.2. The van der Waals surface area contributed by atoms with Crippen molar-refractivity contribution in [1.29, 1.82) is 0 Å². The molecule has 0 aromatic carbocycles. The molecule has 0 saturated carbocycles. The average Bonchev–Trinajstić information content (AvgIpc) is 2.64. The van der Waals surface area contributed by atoms with Crippen LogP contribution in [0.5, 0.6) is 0 Å². The van der Waals surface area contributed by atoms with Gasteiger partial charge < -0.3 is 4.57 Å². The van der Waals surface area contributed by atoms with Gasteiger partial charge >= 0.3 is 5.69 Å². The van der Waals surface area contributed by atoms with Gasteiger partial charge in [-0.1, -0.05) is 13.8 Å². The molecule has 0 aliphatic carbocycles. The van der Waals surface area contributed by atoms with Crippen LogP contribution in [-0.4, -0.2) is 19.1 Å². The number of aromatic nitrogens is 4. The monoisotopic (exact) mass is 252 g/mol. The third kappa shape index (κ3) is 1.80. The Kier molecular flexibility index (Phi) is 2.95. The summed E-state index contributed by atoms with van der Waals surface area (Å²) in [5.74, 6) is 6.07. The van der Waals surface area contributed by atoms with Crippen molar-refractivity contribution >= 4 is 17.1 Å². The molecule has 0 unspecified atom stereocenters. The van der Waals surface area contributed by atoms with Gasteiger partial charge in [0, 0.05) is 13.6 Å². The van der Waals surface area contributed by atoms with Crippen LogP contribution < -0.4 is 22.5 Å². The van der Waals surface area contributed by atoms with Gasteiger partial charge in [0.2, 0.25) is 5.95 Å². The lowest BCUT2D eigenvalue weighted by molar-refractivity contribution is 0.535. The highest BCUT2D eigenvalue weighted by molar-refractivity contribution is 5.73. The number of nitrogens with two attached hydrogens (primary N) is 1. The average molecular weight is 252 g/mol. The van der Waals surface area contributed by atoms with Crippen LogP contribution in [0.1, 0.15) is 13.8 Å². The smallest absolute Gasteiger partial charge is 0.303 e. The van der Waals surface area contributed by atoms with Crippen LogP contribution in [0.2, 0.25) is 0 Å². The number of fused-ring (bicyclic) bond motifs is 1. The van der Waals surface area contributed by atoms with Crippen LogP contribution in [0, 0.1) is 5.92 Å².